The minimum Gasteiger partial charge on any atom is -0.344 e. The molecule has 1 atom stereocenters. The van der Waals surface area contributed by atoms with E-state index in [-0.39, 0.29) is 24.4 Å². The Balaban J connectivity index is 0.00000182. The topological polar surface area (TPSA) is 69.8 Å². The number of nitrogens with zero attached hydrogens (tertiary/aromatic N) is 1. The normalized spacial score (nSPS) is 14.4. The Morgan fingerprint density at radius 1 is 1.20 bits per heavy atom. The van der Waals surface area contributed by atoms with Crippen LogP contribution in [0.1, 0.15) is 40.3 Å². The number of H-pyrrole nitrogens is 1. The first-order valence-corrected chi connectivity index (χ1v) is 8.29. The van der Waals surface area contributed by atoms with Gasteiger partial charge in [-0.05, 0) is 29.3 Å². The van der Waals surface area contributed by atoms with Gasteiger partial charge in [0.1, 0.15) is 0 Å². The zero-order valence-electron chi connectivity index (χ0n) is 14.0. The van der Waals surface area contributed by atoms with Gasteiger partial charge in [0.05, 0.1) is 6.04 Å². The lowest BCUT2D eigenvalue weighted by atomic mass is 10.0. The van der Waals surface area contributed by atoms with Crippen molar-refractivity contribution in [1.29, 1.82) is 0 Å². The van der Waals surface area contributed by atoms with Crippen LogP contribution in [0.2, 0.25) is 0 Å². The molecule has 0 spiro atoms. The van der Waals surface area contributed by atoms with Crippen molar-refractivity contribution in [3.63, 3.8) is 0 Å². The number of carbonyl (C=O) groups excluding carboxylic acids is 1. The molecule has 1 unspecified atom stereocenters. The van der Waals surface area contributed by atoms with E-state index in [1.807, 2.05) is 19.1 Å². The molecule has 3 N–H and O–H groups in total. The summed E-state index contributed by atoms with van der Waals surface area (Å²) in [6, 6.07) is 14.4. The second-order valence-corrected chi connectivity index (χ2v) is 6.26. The van der Waals surface area contributed by atoms with Crippen LogP contribution in [0.3, 0.4) is 0 Å². The SMILES string of the molecule is CC(NC(=O)c1n[nH]c2c1CNCC2)c1ccc2ccccc2c1.Cl. The summed E-state index contributed by atoms with van der Waals surface area (Å²) in [6.45, 7) is 3.61. The van der Waals surface area contributed by atoms with Gasteiger partial charge in [0.15, 0.2) is 5.69 Å². The first-order chi connectivity index (χ1) is 11.7. The average molecular weight is 357 g/mol. The summed E-state index contributed by atoms with van der Waals surface area (Å²) in [5.74, 6) is -0.128. The lowest BCUT2D eigenvalue weighted by Crippen LogP contribution is -2.30. The van der Waals surface area contributed by atoms with E-state index in [1.165, 1.54) is 10.8 Å². The number of amides is 1. The molecule has 130 valence electrons. The number of hydrogen-bond donors (Lipinski definition) is 3. The number of rotatable bonds is 3. The average Bonchev–Trinajstić information content (AvgIpc) is 3.05. The van der Waals surface area contributed by atoms with Crippen LogP contribution < -0.4 is 10.6 Å². The summed E-state index contributed by atoms with van der Waals surface area (Å²) >= 11 is 0. The zero-order chi connectivity index (χ0) is 16.5. The van der Waals surface area contributed by atoms with Crippen molar-refractivity contribution >= 4 is 29.1 Å². The van der Waals surface area contributed by atoms with Crippen molar-refractivity contribution in [3.05, 3.63) is 65.0 Å². The number of aromatic amines is 1. The standard InChI is InChI=1S/C19H20N4O.ClH/c1-12(14-7-6-13-4-2-3-5-15(13)10-14)21-19(24)18-16-11-20-9-8-17(16)22-23-18;/h2-7,10,12,20H,8-9,11H2,1H3,(H,21,24)(H,22,23);1H. The molecule has 2 aromatic carbocycles. The second-order valence-electron chi connectivity index (χ2n) is 6.26. The van der Waals surface area contributed by atoms with Gasteiger partial charge < -0.3 is 10.6 Å². The van der Waals surface area contributed by atoms with Gasteiger partial charge in [-0.1, -0.05) is 36.4 Å². The smallest absolute Gasteiger partial charge is 0.272 e. The maximum absolute atomic E-state index is 12.6. The van der Waals surface area contributed by atoms with Gasteiger partial charge in [-0.3, -0.25) is 9.89 Å². The number of fused-ring (bicyclic) bond motifs is 2. The Hall–Kier alpha value is -2.37. The molecule has 2 heterocycles. The summed E-state index contributed by atoms with van der Waals surface area (Å²) in [7, 11) is 0. The lowest BCUT2D eigenvalue weighted by molar-refractivity contribution is 0.0933. The van der Waals surface area contributed by atoms with Gasteiger partial charge in [-0.2, -0.15) is 5.10 Å². The molecule has 0 bridgehead atoms. The highest BCUT2D eigenvalue weighted by atomic mass is 35.5. The number of aromatic nitrogens is 2. The molecule has 1 aromatic heterocycles. The van der Waals surface area contributed by atoms with Crippen molar-refractivity contribution in [2.75, 3.05) is 6.54 Å². The molecule has 0 aliphatic carbocycles. The van der Waals surface area contributed by atoms with Gasteiger partial charge in [-0.15, -0.1) is 12.4 Å². The van der Waals surface area contributed by atoms with E-state index in [9.17, 15) is 4.79 Å². The highest BCUT2D eigenvalue weighted by molar-refractivity contribution is 5.94. The number of halogens is 1. The fourth-order valence-electron chi connectivity index (χ4n) is 3.24. The van der Waals surface area contributed by atoms with E-state index in [1.54, 1.807) is 0 Å². The predicted molar refractivity (Wildman–Crippen MR) is 101 cm³/mol. The molecule has 0 fully saturated rings. The van der Waals surface area contributed by atoms with Crippen LogP contribution in [0.15, 0.2) is 42.5 Å². The molecule has 0 saturated heterocycles. The minimum absolute atomic E-state index is 0. The van der Waals surface area contributed by atoms with E-state index in [0.717, 1.165) is 29.8 Å². The van der Waals surface area contributed by atoms with E-state index in [4.69, 9.17) is 0 Å². The third kappa shape index (κ3) is 3.38. The zero-order valence-corrected chi connectivity index (χ0v) is 14.8. The van der Waals surface area contributed by atoms with Gasteiger partial charge in [0.2, 0.25) is 0 Å². The van der Waals surface area contributed by atoms with Crippen molar-refractivity contribution in [2.45, 2.75) is 25.9 Å². The van der Waals surface area contributed by atoms with Crippen LogP contribution in [-0.2, 0) is 13.0 Å². The Kier molecular flexibility index (Phi) is 5.06. The molecule has 3 aromatic rings. The molecular weight excluding hydrogens is 336 g/mol. The number of benzene rings is 2. The first kappa shape index (κ1) is 17.5. The van der Waals surface area contributed by atoms with Crippen LogP contribution in [-0.4, -0.2) is 22.6 Å². The Morgan fingerprint density at radius 2 is 2.00 bits per heavy atom. The number of nitrogens with one attached hydrogen (secondary N) is 3. The molecular formula is C19H21ClN4O. The van der Waals surface area contributed by atoms with E-state index < -0.39 is 0 Å². The minimum atomic E-state index is -0.128. The maximum atomic E-state index is 12.6. The quantitative estimate of drug-likeness (QED) is 0.675. The van der Waals surface area contributed by atoms with Crippen LogP contribution in [0.4, 0.5) is 0 Å². The third-order valence-corrected chi connectivity index (χ3v) is 4.64. The first-order valence-electron chi connectivity index (χ1n) is 8.29. The molecule has 1 aliphatic rings. The number of carbonyl (C=O) groups is 1. The molecule has 0 radical (unpaired) electrons. The van der Waals surface area contributed by atoms with Crippen LogP contribution in [0, 0.1) is 0 Å². The van der Waals surface area contributed by atoms with Gasteiger partial charge in [0.25, 0.3) is 5.91 Å². The predicted octanol–water partition coefficient (Wildman–Crippen LogP) is 3.12. The summed E-state index contributed by atoms with van der Waals surface area (Å²) in [6.07, 6.45) is 0.885. The van der Waals surface area contributed by atoms with Crippen molar-refractivity contribution in [3.8, 4) is 0 Å². The van der Waals surface area contributed by atoms with Gasteiger partial charge in [-0.25, -0.2) is 0 Å². The second kappa shape index (κ2) is 7.25. The number of hydrogen-bond acceptors (Lipinski definition) is 3. The maximum Gasteiger partial charge on any atom is 0.272 e. The Bertz CT molecular complexity index is 905. The van der Waals surface area contributed by atoms with Crippen LogP contribution in [0.5, 0.6) is 0 Å². The Labute approximate surface area is 152 Å². The highest BCUT2D eigenvalue weighted by Gasteiger charge is 2.22. The van der Waals surface area contributed by atoms with E-state index >= 15 is 0 Å². The summed E-state index contributed by atoms with van der Waals surface area (Å²) < 4.78 is 0. The summed E-state index contributed by atoms with van der Waals surface area (Å²) in [5.41, 5.74) is 3.65. The summed E-state index contributed by atoms with van der Waals surface area (Å²) in [5, 5.41) is 15.9. The molecule has 1 aliphatic heterocycles. The molecule has 25 heavy (non-hydrogen) atoms. The lowest BCUT2D eigenvalue weighted by Gasteiger charge is -2.16. The van der Waals surface area contributed by atoms with E-state index in [2.05, 4.69) is 51.2 Å². The van der Waals surface area contributed by atoms with Crippen LogP contribution >= 0.6 is 12.4 Å². The fraction of sp³-hybridized carbons (Fsp3) is 0.263. The molecule has 4 rings (SSSR count). The molecule has 5 nitrogen and oxygen atoms in total. The summed E-state index contributed by atoms with van der Waals surface area (Å²) in [4.78, 5) is 12.6. The van der Waals surface area contributed by atoms with Crippen LogP contribution in [0.25, 0.3) is 10.8 Å². The van der Waals surface area contributed by atoms with Crippen molar-refractivity contribution < 1.29 is 4.79 Å². The van der Waals surface area contributed by atoms with Crippen molar-refractivity contribution in [1.82, 2.24) is 20.8 Å². The molecule has 1 amide bonds. The Morgan fingerprint density at radius 3 is 2.84 bits per heavy atom. The molecule has 0 saturated carbocycles. The molecule has 6 heteroatoms. The highest BCUT2D eigenvalue weighted by Crippen LogP contribution is 2.21. The van der Waals surface area contributed by atoms with Gasteiger partial charge in [0, 0.05) is 30.8 Å². The third-order valence-electron chi connectivity index (χ3n) is 4.64. The van der Waals surface area contributed by atoms with Crippen molar-refractivity contribution in [2.24, 2.45) is 0 Å². The van der Waals surface area contributed by atoms with Gasteiger partial charge >= 0.3 is 0 Å². The fourth-order valence-corrected chi connectivity index (χ4v) is 3.24. The largest absolute Gasteiger partial charge is 0.344 e. The van der Waals surface area contributed by atoms with E-state index in [0.29, 0.717) is 12.2 Å². The monoisotopic (exact) mass is 356 g/mol.